The lowest BCUT2D eigenvalue weighted by molar-refractivity contribution is -0.137. The number of likely N-dealkylation sites (tertiary alicyclic amines) is 1. The first-order chi connectivity index (χ1) is 23.5. The molecule has 3 aromatic heterocycles. The van der Waals surface area contributed by atoms with Crippen LogP contribution in [-0.2, 0) is 29.2 Å². The van der Waals surface area contributed by atoms with Crippen LogP contribution in [0.25, 0.3) is 27.7 Å². The number of carbonyl (C=O) groups excluding carboxylic acids is 2. The number of aromatic nitrogens is 3. The van der Waals surface area contributed by atoms with E-state index in [1.54, 1.807) is 20.2 Å². The molecule has 1 saturated heterocycles. The van der Waals surface area contributed by atoms with Gasteiger partial charge >= 0.3 is 6.18 Å². The zero-order valence-electron chi connectivity index (χ0n) is 26.4. The molecule has 0 radical (unpaired) electrons. The second-order valence-electron chi connectivity index (χ2n) is 12.1. The van der Waals surface area contributed by atoms with E-state index >= 15 is 8.78 Å². The standard InChI is InChI=1S/C35H30F5N5O4/c1-43-18-41-31-26(43)16-23(35(38,39)40)29-22-5-3-10-45-27(15-19(32(22)45)8-12-49-34(29)31)33(47)20-13-24(36)30(25(37)14-20)42-28(46)6-4-9-44-11-7-21(44)17-48-2/h3-6,10,13-16,18,21H,7-9,11-12,17H2,1-2H3,(H,42,46)/b6-4+/t21-/m0/s1. The van der Waals surface area contributed by atoms with Crippen LogP contribution < -0.4 is 10.1 Å². The summed E-state index contributed by atoms with van der Waals surface area (Å²) in [5.74, 6) is -3.87. The highest BCUT2D eigenvalue weighted by Gasteiger charge is 2.39. The zero-order valence-corrected chi connectivity index (χ0v) is 26.4. The van der Waals surface area contributed by atoms with E-state index < -0.39 is 40.8 Å². The Labute approximate surface area is 276 Å². The first kappa shape index (κ1) is 32.5. The monoisotopic (exact) mass is 679 g/mol. The number of amides is 1. The lowest BCUT2D eigenvalue weighted by Gasteiger charge is -2.39. The Morgan fingerprint density at radius 1 is 1.16 bits per heavy atom. The van der Waals surface area contributed by atoms with Gasteiger partial charge in [0.2, 0.25) is 11.7 Å². The number of nitrogens with one attached hydrogen (secondary N) is 1. The van der Waals surface area contributed by atoms with Gasteiger partial charge in [0.25, 0.3) is 0 Å². The van der Waals surface area contributed by atoms with Crippen LogP contribution in [0.2, 0.25) is 0 Å². The number of hydrogen-bond acceptors (Lipinski definition) is 6. The minimum absolute atomic E-state index is 0.0144. The largest absolute Gasteiger partial charge is 0.490 e. The van der Waals surface area contributed by atoms with Gasteiger partial charge in [-0.2, -0.15) is 13.2 Å². The average molecular weight is 680 g/mol. The third-order valence-corrected chi connectivity index (χ3v) is 9.06. The topological polar surface area (TPSA) is 90.1 Å². The highest BCUT2D eigenvalue weighted by molar-refractivity contribution is 6.10. The molecule has 0 spiro atoms. The summed E-state index contributed by atoms with van der Waals surface area (Å²) in [6, 6.07) is 7.41. The van der Waals surface area contributed by atoms with Gasteiger partial charge in [0.05, 0.1) is 41.8 Å². The molecular weight excluding hydrogens is 649 g/mol. The molecule has 5 heterocycles. The molecule has 1 amide bonds. The molecule has 0 aliphatic carbocycles. The molecule has 2 aromatic carbocycles. The van der Waals surface area contributed by atoms with Gasteiger partial charge in [0.1, 0.15) is 22.8 Å². The fourth-order valence-corrected chi connectivity index (χ4v) is 6.58. The van der Waals surface area contributed by atoms with Crippen molar-refractivity contribution in [3.8, 4) is 16.9 Å². The number of carbonyl (C=O) groups is 2. The Hall–Kier alpha value is -5.08. The third kappa shape index (κ3) is 5.74. The Bertz CT molecular complexity index is 2150. The number of imidazole rings is 1. The lowest BCUT2D eigenvalue weighted by atomic mass is 9.94. The molecule has 1 N–H and O–H groups in total. The number of aryl methyl sites for hydroxylation is 1. The van der Waals surface area contributed by atoms with Gasteiger partial charge in [0.15, 0.2) is 5.75 Å². The van der Waals surface area contributed by atoms with Gasteiger partial charge in [-0.3, -0.25) is 14.5 Å². The van der Waals surface area contributed by atoms with Crippen LogP contribution in [0.1, 0.15) is 33.6 Å². The Morgan fingerprint density at radius 2 is 1.94 bits per heavy atom. The highest BCUT2D eigenvalue weighted by Crippen LogP contribution is 2.48. The van der Waals surface area contributed by atoms with E-state index in [1.165, 1.54) is 45.8 Å². The van der Waals surface area contributed by atoms with Gasteiger partial charge in [0, 0.05) is 68.7 Å². The molecule has 2 aliphatic heterocycles. The number of fused-ring (bicyclic) bond motifs is 4. The summed E-state index contributed by atoms with van der Waals surface area (Å²) in [5.41, 5.74) is -0.699. The molecule has 0 bridgehead atoms. The summed E-state index contributed by atoms with van der Waals surface area (Å²) in [4.78, 5) is 32.6. The number of benzene rings is 2. The second kappa shape index (κ2) is 12.4. The molecule has 0 unspecified atom stereocenters. The molecular formula is C35H30F5N5O4. The lowest BCUT2D eigenvalue weighted by Crippen LogP contribution is -2.50. The SMILES string of the molecule is COC[C@@H]1CCN1C/C=C/C(=O)Nc1c(F)cc(C(=O)c2cc3c4c(cccn24)-c2c(C(F)(F)F)cc4c(ncn4C)c2OCC3)cc1F. The summed E-state index contributed by atoms with van der Waals surface area (Å²) in [7, 11) is 3.20. The molecule has 1 atom stereocenters. The molecule has 14 heteroatoms. The summed E-state index contributed by atoms with van der Waals surface area (Å²) < 4.78 is 88.2. The molecule has 0 saturated carbocycles. The summed E-state index contributed by atoms with van der Waals surface area (Å²) in [6.45, 7) is 1.87. The van der Waals surface area contributed by atoms with Crippen molar-refractivity contribution in [3.63, 3.8) is 0 Å². The van der Waals surface area contributed by atoms with Crippen molar-refractivity contribution in [1.82, 2.24) is 18.9 Å². The van der Waals surface area contributed by atoms with Crippen LogP contribution in [0.5, 0.6) is 5.75 Å². The molecule has 7 rings (SSSR count). The molecule has 49 heavy (non-hydrogen) atoms. The van der Waals surface area contributed by atoms with Gasteiger partial charge < -0.3 is 23.8 Å². The maximum absolute atomic E-state index is 15.2. The number of hydrogen-bond donors (Lipinski definition) is 1. The van der Waals surface area contributed by atoms with Crippen molar-refractivity contribution in [2.75, 3.05) is 38.7 Å². The first-order valence-corrected chi connectivity index (χ1v) is 15.5. The molecule has 9 nitrogen and oxygen atoms in total. The third-order valence-electron chi connectivity index (χ3n) is 9.06. The number of ketones is 1. The molecule has 2 aliphatic rings. The van der Waals surface area contributed by atoms with E-state index in [1.807, 2.05) is 0 Å². The highest BCUT2D eigenvalue weighted by atomic mass is 19.4. The van der Waals surface area contributed by atoms with Crippen molar-refractivity contribution >= 4 is 33.9 Å². The van der Waals surface area contributed by atoms with Crippen LogP contribution in [0.3, 0.4) is 0 Å². The van der Waals surface area contributed by atoms with Gasteiger partial charge in [-0.25, -0.2) is 13.8 Å². The van der Waals surface area contributed by atoms with Crippen molar-refractivity contribution in [1.29, 1.82) is 0 Å². The fourth-order valence-electron chi connectivity index (χ4n) is 6.58. The minimum atomic E-state index is -4.76. The van der Waals surface area contributed by atoms with E-state index in [0.29, 0.717) is 24.2 Å². The van der Waals surface area contributed by atoms with Gasteiger partial charge in [-0.05, 0) is 42.3 Å². The number of nitrogens with zero attached hydrogens (tertiary/aromatic N) is 4. The second-order valence-corrected chi connectivity index (χ2v) is 12.1. The number of pyridine rings is 1. The number of halogens is 5. The van der Waals surface area contributed by atoms with Crippen molar-refractivity contribution in [3.05, 3.63) is 95.1 Å². The Balaban J connectivity index is 1.22. The average Bonchev–Trinajstić information content (AvgIpc) is 3.61. The van der Waals surface area contributed by atoms with Gasteiger partial charge in [-0.1, -0.05) is 12.1 Å². The minimum Gasteiger partial charge on any atom is -0.490 e. The van der Waals surface area contributed by atoms with Crippen LogP contribution in [0, 0.1) is 11.6 Å². The smallest absolute Gasteiger partial charge is 0.417 e. The number of rotatable bonds is 8. The quantitative estimate of drug-likeness (QED) is 0.120. The van der Waals surface area contributed by atoms with Crippen molar-refractivity contribution in [2.45, 2.75) is 25.1 Å². The van der Waals surface area contributed by atoms with E-state index in [9.17, 15) is 22.8 Å². The first-order valence-electron chi connectivity index (χ1n) is 15.5. The number of alkyl halides is 3. The summed E-state index contributed by atoms with van der Waals surface area (Å²) >= 11 is 0. The maximum atomic E-state index is 15.2. The Morgan fingerprint density at radius 3 is 2.63 bits per heavy atom. The maximum Gasteiger partial charge on any atom is 0.417 e. The van der Waals surface area contributed by atoms with Crippen LogP contribution in [-0.4, -0.2) is 70.0 Å². The Kier molecular flexibility index (Phi) is 8.23. The van der Waals surface area contributed by atoms with E-state index in [-0.39, 0.29) is 58.2 Å². The van der Waals surface area contributed by atoms with Crippen molar-refractivity contribution < 1.29 is 41.0 Å². The van der Waals surface area contributed by atoms with E-state index in [0.717, 1.165) is 31.2 Å². The molecule has 254 valence electrons. The van der Waals surface area contributed by atoms with E-state index in [4.69, 9.17) is 9.47 Å². The normalized spacial score (nSPS) is 16.3. The summed E-state index contributed by atoms with van der Waals surface area (Å²) in [6.07, 6.45) is 2.14. The zero-order chi connectivity index (χ0) is 34.6. The predicted molar refractivity (Wildman–Crippen MR) is 171 cm³/mol. The fraction of sp³-hybridized carbons (Fsp3) is 0.286. The number of methoxy groups -OCH3 is 1. The predicted octanol–water partition coefficient (Wildman–Crippen LogP) is 6.17. The van der Waals surface area contributed by atoms with Crippen molar-refractivity contribution in [2.24, 2.45) is 7.05 Å². The van der Waals surface area contributed by atoms with Crippen LogP contribution in [0.15, 0.2) is 61.1 Å². The molecule has 1 fully saturated rings. The van der Waals surface area contributed by atoms with Crippen LogP contribution in [0.4, 0.5) is 27.6 Å². The molecule has 5 aromatic rings. The van der Waals surface area contributed by atoms with E-state index in [2.05, 4.69) is 15.2 Å². The summed E-state index contributed by atoms with van der Waals surface area (Å²) in [5, 5.41) is 2.20. The number of anilines is 1. The van der Waals surface area contributed by atoms with Gasteiger partial charge in [-0.15, -0.1) is 0 Å². The van der Waals surface area contributed by atoms with Crippen LogP contribution >= 0.6 is 0 Å². The number of ether oxygens (including phenoxy) is 2.